The first-order valence-electron chi connectivity index (χ1n) is 8.40. The third-order valence-electron chi connectivity index (χ3n) is 3.04. The first kappa shape index (κ1) is 21.1. The molecule has 0 spiro atoms. The Hall–Kier alpha value is -3.24. The number of anilines is 1. The summed E-state index contributed by atoms with van der Waals surface area (Å²) in [4.78, 5) is 54.4. The average Bonchev–Trinajstić information content (AvgIpc) is 2.88. The summed E-state index contributed by atoms with van der Waals surface area (Å²) >= 11 is 0. The molecule has 0 aliphatic carbocycles. The molecule has 0 aliphatic heterocycles. The van der Waals surface area contributed by atoms with E-state index >= 15 is 0 Å². The van der Waals surface area contributed by atoms with E-state index < -0.39 is 35.0 Å². The molecular formula is C17H23N5O6. The van der Waals surface area contributed by atoms with E-state index in [1.54, 1.807) is 41.5 Å². The van der Waals surface area contributed by atoms with Crippen molar-refractivity contribution < 1.29 is 28.7 Å². The third-order valence-corrected chi connectivity index (χ3v) is 3.04. The molecular weight excluding hydrogens is 370 g/mol. The van der Waals surface area contributed by atoms with Gasteiger partial charge in [0.25, 0.3) is 5.92 Å². The molecule has 0 aliphatic rings. The van der Waals surface area contributed by atoms with E-state index in [1.165, 1.54) is 0 Å². The topological polar surface area (TPSA) is 149 Å². The summed E-state index contributed by atoms with van der Waals surface area (Å²) in [5, 5.41) is 0. The smallest absolute Gasteiger partial charge is 0.358 e. The number of ether oxygens (including phenoxy) is 2. The van der Waals surface area contributed by atoms with Crippen LogP contribution in [0, 0.1) is 5.92 Å². The summed E-state index contributed by atoms with van der Waals surface area (Å²) in [7, 11) is 0. The fourth-order valence-corrected chi connectivity index (χ4v) is 2.06. The van der Waals surface area contributed by atoms with E-state index in [1.807, 2.05) is 0 Å². The number of hydrogen-bond acceptors (Lipinski definition) is 10. The Balaban J connectivity index is 2.33. The molecule has 2 aromatic rings. The van der Waals surface area contributed by atoms with Crippen molar-refractivity contribution in [2.45, 2.75) is 52.7 Å². The van der Waals surface area contributed by atoms with Crippen LogP contribution in [-0.4, -0.2) is 48.8 Å². The molecule has 0 radical (unpaired) electrons. The van der Waals surface area contributed by atoms with Gasteiger partial charge in [-0.15, -0.1) is 4.73 Å². The molecule has 11 heteroatoms. The maximum absolute atomic E-state index is 12.6. The summed E-state index contributed by atoms with van der Waals surface area (Å²) in [5.41, 5.74) is 4.11. The molecule has 0 saturated carbocycles. The highest BCUT2D eigenvalue weighted by atomic mass is 16.7. The SMILES string of the molecule is CC(C)(C)OC(=O)C(C(=O)On1cnc2c(N)ncnc21)C(=O)OC(C)(C)C. The molecule has 0 unspecified atom stereocenters. The normalized spacial score (nSPS) is 12.1. The van der Waals surface area contributed by atoms with E-state index in [-0.39, 0.29) is 17.0 Å². The molecule has 2 aromatic heterocycles. The highest BCUT2D eigenvalue weighted by Gasteiger charge is 2.42. The van der Waals surface area contributed by atoms with Crippen molar-refractivity contribution in [2.75, 3.05) is 5.73 Å². The molecule has 0 fully saturated rings. The lowest BCUT2D eigenvalue weighted by atomic mass is 10.1. The number of aromatic nitrogens is 4. The Bertz CT molecular complexity index is 881. The van der Waals surface area contributed by atoms with Crippen LogP contribution in [0.1, 0.15) is 41.5 Å². The van der Waals surface area contributed by atoms with E-state index in [0.29, 0.717) is 0 Å². The summed E-state index contributed by atoms with van der Waals surface area (Å²) in [6.07, 6.45) is 2.28. The van der Waals surface area contributed by atoms with Gasteiger partial charge in [-0.2, -0.15) is 0 Å². The van der Waals surface area contributed by atoms with Gasteiger partial charge in [0.15, 0.2) is 11.3 Å². The maximum atomic E-state index is 12.6. The minimum atomic E-state index is -1.95. The minimum Gasteiger partial charge on any atom is -0.459 e. The van der Waals surface area contributed by atoms with Gasteiger partial charge in [0.1, 0.15) is 23.9 Å². The zero-order chi connectivity index (χ0) is 21.3. The molecule has 28 heavy (non-hydrogen) atoms. The second-order valence-corrected chi connectivity index (χ2v) is 7.91. The van der Waals surface area contributed by atoms with Gasteiger partial charge in [-0.1, -0.05) is 0 Å². The van der Waals surface area contributed by atoms with Crippen LogP contribution in [0.3, 0.4) is 0 Å². The molecule has 0 saturated heterocycles. The van der Waals surface area contributed by atoms with Crippen LogP contribution < -0.4 is 10.6 Å². The van der Waals surface area contributed by atoms with Gasteiger partial charge in [0, 0.05) is 0 Å². The molecule has 2 rings (SSSR count). The number of carbonyl (C=O) groups excluding carboxylic acids is 3. The van der Waals surface area contributed by atoms with Crippen LogP contribution in [0.2, 0.25) is 0 Å². The Morgan fingerprint density at radius 2 is 1.46 bits per heavy atom. The van der Waals surface area contributed by atoms with Crippen LogP contribution >= 0.6 is 0 Å². The van der Waals surface area contributed by atoms with Gasteiger partial charge < -0.3 is 20.0 Å². The number of carbonyl (C=O) groups is 3. The maximum Gasteiger partial charge on any atom is 0.358 e. The van der Waals surface area contributed by atoms with E-state index in [9.17, 15) is 14.4 Å². The first-order chi connectivity index (χ1) is 12.8. The van der Waals surface area contributed by atoms with Crippen molar-refractivity contribution in [1.29, 1.82) is 0 Å². The van der Waals surface area contributed by atoms with Crippen LogP contribution in [-0.2, 0) is 23.9 Å². The fraction of sp³-hybridized carbons (Fsp3) is 0.529. The molecule has 0 bridgehead atoms. The molecule has 2 heterocycles. The lowest BCUT2D eigenvalue weighted by Crippen LogP contribution is -2.44. The molecule has 11 nitrogen and oxygen atoms in total. The monoisotopic (exact) mass is 393 g/mol. The number of esters is 2. The summed E-state index contributed by atoms with van der Waals surface area (Å²) in [6, 6.07) is 0. The van der Waals surface area contributed by atoms with Gasteiger partial charge in [-0.3, -0.25) is 9.59 Å². The zero-order valence-electron chi connectivity index (χ0n) is 16.5. The van der Waals surface area contributed by atoms with Crippen LogP contribution in [0.15, 0.2) is 12.7 Å². The summed E-state index contributed by atoms with van der Waals surface area (Å²) in [5.74, 6) is -5.26. The summed E-state index contributed by atoms with van der Waals surface area (Å²) < 4.78 is 11.2. The van der Waals surface area contributed by atoms with Gasteiger partial charge in [0.05, 0.1) is 0 Å². The largest absolute Gasteiger partial charge is 0.459 e. The van der Waals surface area contributed by atoms with Gasteiger partial charge in [-0.25, -0.2) is 19.7 Å². The van der Waals surface area contributed by atoms with Crippen LogP contribution in [0.5, 0.6) is 0 Å². The first-order valence-corrected chi connectivity index (χ1v) is 8.40. The van der Waals surface area contributed by atoms with Gasteiger partial charge in [0.2, 0.25) is 5.65 Å². The van der Waals surface area contributed by atoms with E-state index in [4.69, 9.17) is 20.0 Å². The molecule has 0 aromatic carbocycles. The van der Waals surface area contributed by atoms with Crippen LogP contribution in [0.25, 0.3) is 11.2 Å². The second-order valence-electron chi connectivity index (χ2n) is 7.91. The lowest BCUT2D eigenvalue weighted by molar-refractivity contribution is -0.181. The quantitative estimate of drug-likeness (QED) is 0.580. The number of rotatable bonds is 4. The molecule has 0 amide bonds. The second kappa shape index (κ2) is 7.41. The standard InChI is InChI=1S/C17H23N5O6/c1-16(2,3)26-13(23)9(14(24)27-17(4,5)6)15(25)28-22-8-21-10-11(18)19-7-20-12(10)22/h7-9H,1-6H3,(H2,18,19,20). The minimum absolute atomic E-state index is 0.0793. The number of imidazole rings is 1. The van der Waals surface area contributed by atoms with Crippen molar-refractivity contribution in [3.8, 4) is 0 Å². The highest BCUT2D eigenvalue weighted by molar-refractivity contribution is 6.12. The third kappa shape index (κ3) is 5.15. The molecule has 0 atom stereocenters. The Labute approximate surface area is 161 Å². The number of nitrogens with two attached hydrogens (primary N) is 1. The zero-order valence-corrected chi connectivity index (χ0v) is 16.5. The van der Waals surface area contributed by atoms with Crippen molar-refractivity contribution >= 4 is 34.9 Å². The number of fused-ring (bicyclic) bond motifs is 1. The van der Waals surface area contributed by atoms with Gasteiger partial charge in [-0.05, 0) is 41.5 Å². The fourth-order valence-electron chi connectivity index (χ4n) is 2.06. The Morgan fingerprint density at radius 3 is 1.96 bits per heavy atom. The van der Waals surface area contributed by atoms with Crippen molar-refractivity contribution in [3.63, 3.8) is 0 Å². The van der Waals surface area contributed by atoms with Gasteiger partial charge >= 0.3 is 17.9 Å². The Kier molecular flexibility index (Phi) is 5.57. The lowest BCUT2D eigenvalue weighted by Gasteiger charge is -2.25. The Morgan fingerprint density at radius 1 is 0.929 bits per heavy atom. The van der Waals surface area contributed by atoms with Crippen molar-refractivity contribution in [1.82, 2.24) is 19.7 Å². The number of nitrogen functional groups attached to an aromatic ring is 1. The van der Waals surface area contributed by atoms with Crippen molar-refractivity contribution in [2.24, 2.45) is 5.92 Å². The van der Waals surface area contributed by atoms with E-state index in [0.717, 1.165) is 17.4 Å². The highest BCUT2D eigenvalue weighted by Crippen LogP contribution is 2.18. The molecule has 152 valence electrons. The average molecular weight is 393 g/mol. The number of nitrogens with zero attached hydrogens (tertiary/aromatic N) is 4. The summed E-state index contributed by atoms with van der Waals surface area (Å²) in [6.45, 7) is 9.62. The predicted octanol–water partition coefficient (Wildman–Crippen LogP) is 0.663. The van der Waals surface area contributed by atoms with Crippen molar-refractivity contribution in [3.05, 3.63) is 12.7 Å². The predicted molar refractivity (Wildman–Crippen MR) is 96.5 cm³/mol. The van der Waals surface area contributed by atoms with Crippen LogP contribution in [0.4, 0.5) is 5.82 Å². The number of hydrogen-bond donors (Lipinski definition) is 1. The van der Waals surface area contributed by atoms with E-state index in [2.05, 4.69) is 15.0 Å². The molecule has 2 N–H and O–H groups in total.